The average molecular weight is 196 g/mol. The van der Waals surface area contributed by atoms with E-state index in [9.17, 15) is 0 Å². The first-order chi connectivity index (χ1) is 6.68. The van der Waals surface area contributed by atoms with Crippen molar-refractivity contribution in [1.29, 1.82) is 0 Å². The van der Waals surface area contributed by atoms with Crippen molar-refractivity contribution in [1.82, 2.24) is 9.78 Å². The van der Waals surface area contributed by atoms with Crippen LogP contribution in [0.3, 0.4) is 0 Å². The molecule has 1 atom stereocenters. The Balaban J connectivity index is 2.24. The van der Waals surface area contributed by atoms with Gasteiger partial charge in [0.1, 0.15) is 0 Å². The van der Waals surface area contributed by atoms with Crippen molar-refractivity contribution >= 4 is 11.5 Å². The summed E-state index contributed by atoms with van der Waals surface area (Å²) < 4.78 is 7.11. The zero-order valence-corrected chi connectivity index (χ0v) is 8.60. The lowest BCUT2D eigenvalue weighted by Gasteiger charge is -2.33. The van der Waals surface area contributed by atoms with Gasteiger partial charge >= 0.3 is 0 Å². The highest BCUT2D eigenvalue weighted by Gasteiger charge is 2.22. The van der Waals surface area contributed by atoms with Gasteiger partial charge in [-0.1, -0.05) is 0 Å². The van der Waals surface area contributed by atoms with E-state index in [1.165, 1.54) is 0 Å². The molecule has 78 valence electrons. The molecule has 0 bridgehead atoms. The van der Waals surface area contributed by atoms with E-state index in [-0.39, 0.29) is 0 Å². The number of rotatable bonds is 1. The fourth-order valence-corrected chi connectivity index (χ4v) is 1.76. The number of anilines is 2. The molecule has 2 heterocycles. The molecule has 1 fully saturated rings. The monoisotopic (exact) mass is 196 g/mol. The lowest BCUT2D eigenvalue weighted by atomic mass is 10.2. The molecule has 2 N–H and O–H groups in total. The molecular formula is C9H16N4O. The molecular weight excluding hydrogens is 180 g/mol. The van der Waals surface area contributed by atoms with E-state index in [0.29, 0.717) is 6.04 Å². The van der Waals surface area contributed by atoms with Crippen LogP contribution in [0.25, 0.3) is 0 Å². The molecule has 5 nitrogen and oxygen atoms in total. The topological polar surface area (TPSA) is 56.3 Å². The second-order valence-corrected chi connectivity index (χ2v) is 3.70. The van der Waals surface area contributed by atoms with Crippen LogP contribution in [0.1, 0.15) is 6.92 Å². The molecule has 0 radical (unpaired) electrons. The van der Waals surface area contributed by atoms with E-state index >= 15 is 0 Å². The van der Waals surface area contributed by atoms with Gasteiger partial charge in [-0.25, -0.2) is 0 Å². The van der Waals surface area contributed by atoms with Crippen LogP contribution >= 0.6 is 0 Å². The van der Waals surface area contributed by atoms with E-state index in [1.807, 2.05) is 13.2 Å². The van der Waals surface area contributed by atoms with E-state index in [2.05, 4.69) is 16.9 Å². The van der Waals surface area contributed by atoms with Gasteiger partial charge in [0.25, 0.3) is 0 Å². The summed E-state index contributed by atoms with van der Waals surface area (Å²) in [4.78, 5) is 2.19. The maximum atomic E-state index is 5.87. The summed E-state index contributed by atoms with van der Waals surface area (Å²) in [5.74, 6) is 0.878. The predicted octanol–water partition coefficient (Wildman–Crippen LogP) is 0.227. The Morgan fingerprint density at radius 3 is 3.00 bits per heavy atom. The average Bonchev–Trinajstić information content (AvgIpc) is 2.46. The SMILES string of the molecule is CC1COCCN1c1nn(C)cc1N. The summed E-state index contributed by atoms with van der Waals surface area (Å²) in [6, 6.07) is 0.348. The summed E-state index contributed by atoms with van der Waals surface area (Å²) >= 11 is 0. The number of aromatic nitrogens is 2. The van der Waals surface area contributed by atoms with Crippen molar-refractivity contribution < 1.29 is 4.74 Å². The molecule has 14 heavy (non-hydrogen) atoms. The molecule has 2 rings (SSSR count). The number of ether oxygens (including phenoxy) is 1. The van der Waals surface area contributed by atoms with Crippen LogP contribution in [-0.4, -0.2) is 35.6 Å². The predicted molar refractivity (Wildman–Crippen MR) is 55.2 cm³/mol. The Morgan fingerprint density at radius 1 is 1.64 bits per heavy atom. The van der Waals surface area contributed by atoms with Crippen molar-refractivity contribution in [3.63, 3.8) is 0 Å². The minimum absolute atomic E-state index is 0.348. The number of nitrogens with zero attached hydrogens (tertiary/aromatic N) is 3. The number of hydrogen-bond acceptors (Lipinski definition) is 4. The van der Waals surface area contributed by atoms with Gasteiger partial charge in [0.05, 0.1) is 24.9 Å². The highest BCUT2D eigenvalue weighted by molar-refractivity contribution is 5.62. The minimum Gasteiger partial charge on any atom is -0.394 e. The molecule has 5 heteroatoms. The zero-order chi connectivity index (χ0) is 10.1. The number of nitrogens with two attached hydrogens (primary N) is 1. The van der Waals surface area contributed by atoms with Crippen molar-refractivity contribution in [2.45, 2.75) is 13.0 Å². The number of hydrogen-bond donors (Lipinski definition) is 1. The number of aryl methyl sites for hydroxylation is 1. The molecule has 0 amide bonds. The molecule has 0 spiro atoms. The third kappa shape index (κ3) is 1.55. The molecule has 1 aliphatic heterocycles. The Morgan fingerprint density at radius 2 is 2.43 bits per heavy atom. The largest absolute Gasteiger partial charge is 0.394 e. The van der Waals surface area contributed by atoms with Gasteiger partial charge < -0.3 is 15.4 Å². The standard InChI is InChI=1S/C9H16N4O/c1-7-6-14-4-3-13(7)9-8(10)5-12(2)11-9/h5,7H,3-4,6,10H2,1-2H3. The lowest BCUT2D eigenvalue weighted by molar-refractivity contribution is 0.0985. The zero-order valence-electron chi connectivity index (χ0n) is 8.60. The Hall–Kier alpha value is -1.23. The van der Waals surface area contributed by atoms with Gasteiger partial charge in [-0.3, -0.25) is 4.68 Å². The van der Waals surface area contributed by atoms with Crippen LogP contribution in [0.4, 0.5) is 11.5 Å². The summed E-state index contributed by atoms with van der Waals surface area (Å²) in [5.41, 5.74) is 6.61. The van der Waals surface area contributed by atoms with Gasteiger partial charge in [-0.2, -0.15) is 5.10 Å². The molecule has 1 unspecified atom stereocenters. The van der Waals surface area contributed by atoms with Crippen molar-refractivity contribution in [3.05, 3.63) is 6.20 Å². The van der Waals surface area contributed by atoms with E-state index in [4.69, 9.17) is 10.5 Å². The first-order valence-electron chi connectivity index (χ1n) is 4.82. The normalized spacial score (nSPS) is 22.7. The van der Waals surface area contributed by atoms with Gasteiger partial charge in [0.2, 0.25) is 0 Å². The summed E-state index contributed by atoms with van der Waals surface area (Å²) in [6.45, 7) is 4.48. The van der Waals surface area contributed by atoms with Crippen LogP contribution in [0.5, 0.6) is 0 Å². The first kappa shape index (κ1) is 9.33. The third-order valence-electron chi connectivity index (χ3n) is 2.48. The summed E-state index contributed by atoms with van der Waals surface area (Å²) in [5, 5.41) is 4.35. The first-order valence-corrected chi connectivity index (χ1v) is 4.82. The van der Waals surface area contributed by atoms with Crippen molar-refractivity contribution in [2.75, 3.05) is 30.4 Å². The molecule has 0 aromatic carbocycles. The molecule has 1 aliphatic rings. The van der Waals surface area contributed by atoms with Gasteiger partial charge in [-0.15, -0.1) is 0 Å². The fraction of sp³-hybridized carbons (Fsp3) is 0.667. The van der Waals surface area contributed by atoms with Crippen LogP contribution in [0.2, 0.25) is 0 Å². The van der Waals surface area contributed by atoms with E-state index < -0.39 is 0 Å². The maximum Gasteiger partial charge on any atom is 0.174 e. The molecule has 0 aliphatic carbocycles. The summed E-state index contributed by atoms with van der Waals surface area (Å²) in [7, 11) is 1.88. The number of nitrogen functional groups attached to an aromatic ring is 1. The van der Waals surface area contributed by atoms with Crippen LogP contribution in [-0.2, 0) is 11.8 Å². The minimum atomic E-state index is 0.348. The smallest absolute Gasteiger partial charge is 0.174 e. The van der Waals surface area contributed by atoms with Crippen molar-refractivity contribution in [2.24, 2.45) is 7.05 Å². The van der Waals surface area contributed by atoms with Gasteiger partial charge in [0.15, 0.2) is 5.82 Å². The number of morpholine rings is 1. The quantitative estimate of drug-likeness (QED) is 0.698. The highest BCUT2D eigenvalue weighted by atomic mass is 16.5. The van der Waals surface area contributed by atoms with Crippen LogP contribution in [0, 0.1) is 0 Å². The molecule has 1 saturated heterocycles. The highest BCUT2D eigenvalue weighted by Crippen LogP contribution is 2.23. The Labute approximate surface area is 83.4 Å². The maximum absolute atomic E-state index is 5.87. The Bertz CT molecular complexity index is 323. The van der Waals surface area contributed by atoms with Gasteiger partial charge in [0, 0.05) is 19.8 Å². The van der Waals surface area contributed by atoms with Gasteiger partial charge in [-0.05, 0) is 6.92 Å². The van der Waals surface area contributed by atoms with E-state index in [1.54, 1.807) is 4.68 Å². The van der Waals surface area contributed by atoms with E-state index in [0.717, 1.165) is 31.3 Å². The van der Waals surface area contributed by atoms with Crippen LogP contribution < -0.4 is 10.6 Å². The second kappa shape index (κ2) is 3.49. The third-order valence-corrected chi connectivity index (χ3v) is 2.48. The van der Waals surface area contributed by atoms with Crippen LogP contribution in [0.15, 0.2) is 6.20 Å². The molecule has 1 aromatic heterocycles. The van der Waals surface area contributed by atoms with Crippen molar-refractivity contribution in [3.8, 4) is 0 Å². The lowest BCUT2D eigenvalue weighted by Crippen LogP contribution is -2.44. The molecule has 0 saturated carbocycles. The fourth-order valence-electron chi connectivity index (χ4n) is 1.76. The second-order valence-electron chi connectivity index (χ2n) is 3.70. The molecule has 1 aromatic rings. The Kier molecular flexibility index (Phi) is 2.33. The summed E-state index contributed by atoms with van der Waals surface area (Å²) in [6.07, 6.45) is 1.83.